The summed E-state index contributed by atoms with van der Waals surface area (Å²) >= 11 is 6.57. The number of anilines is 1. The number of Topliss-reactive ketones (excluding diaryl/α,β-unsaturated/α-hetero) is 1. The second-order valence-electron chi connectivity index (χ2n) is 11.9. The number of aromatic nitrogens is 5. The van der Waals surface area contributed by atoms with Crippen LogP contribution < -0.4 is 5.32 Å². The van der Waals surface area contributed by atoms with E-state index in [9.17, 15) is 14.9 Å². The molecule has 5 aromatic rings. The highest BCUT2D eigenvalue weighted by Gasteiger charge is 2.70. The second-order valence-corrected chi connectivity index (χ2v) is 12.3. The molecule has 0 bridgehead atoms. The molecule has 230 valence electrons. The average molecular weight is 635 g/mol. The normalized spacial score (nSPS) is 23.4. The Kier molecular flexibility index (Phi) is 6.41. The minimum Gasteiger partial charge on any atom is -0.324 e. The number of nitrogens with zero attached hydrogens (tertiary/aromatic N) is 7. The standard InChI is InChI=1S/C33H27ClN8O4/c1-19-27(31(40-18-35-17-36-40)41(38-19)22-8-3-2-4-9-22)28-26-11-6-14-39(26)33(24-16-21(34)12-13-25(24)37-32(33)44)29(28)30(43)20-7-5-10-23(15-20)42(45)46/h2-5,7-10,12-13,15-18,26,28-29H,6,11,14H2,1H3,(H,37,44). The second kappa shape index (κ2) is 10.4. The SMILES string of the molecule is Cc1nn(-c2ccccc2)c(-n2cncn2)c1C1C2CCCN2C2(C(=O)Nc3ccc(Cl)cc32)C1C(=O)c1cccc([N+](=O)[O-])c1. The lowest BCUT2D eigenvalue weighted by Gasteiger charge is -2.37. The number of amides is 1. The number of benzene rings is 3. The number of carbonyl (C=O) groups is 2. The monoisotopic (exact) mass is 634 g/mol. The third-order valence-electron chi connectivity index (χ3n) is 9.64. The van der Waals surface area contributed by atoms with E-state index >= 15 is 4.79 Å². The number of rotatable bonds is 6. The van der Waals surface area contributed by atoms with E-state index in [2.05, 4.69) is 20.3 Å². The lowest BCUT2D eigenvalue weighted by molar-refractivity contribution is -0.384. The van der Waals surface area contributed by atoms with Gasteiger partial charge < -0.3 is 5.32 Å². The number of nitro groups is 1. The predicted octanol–water partition coefficient (Wildman–Crippen LogP) is 5.23. The molecule has 1 spiro atoms. The molecule has 3 aliphatic heterocycles. The zero-order valence-corrected chi connectivity index (χ0v) is 25.3. The Bertz CT molecular complexity index is 2050. The number of ketones is 1. The van der Waals surface area contributed by atoms with Gasteiger partial charge in [-0.25, -0.2) is 14.3 Å². The van der Waals surface area contributed by atoms with Crippen LogP contribution in [0.5, 0.6) is 0 Å². The zero-order chi connectivity index (χ0) is 31.7. The fourth-order valence-electron chi connectivity index (χ4n) is 8.01. The Balaban J connectivity index is 1.43. The van der Waals surface area contributed by atoms with Crippen molar-refractivity contribution < 1.29 is 14.5 Å². The summed E-state index contributed by atoms with van der Waals surface area (Å²) in [4.78, 5) is 47.3. The molecule has 0 radical (unpaired) electrons. The van der Waals surface area contributed by atoms with Crippen LogP contribution in [0.25, 0.3) is 11.5 Å². The predicted molar refractivity (Wildman–Crippen MR) is 168 cm³/mol. The van der Waals surface area contributed by atoms with Crippen LogP contribution in [0.3, 0.4) is 0 Å². The molecule has 3 aliphatic rings. The first-order valence-corrected chi connectivity index (χ1v) is 15.4. The molecule has 3 aromatic carbocycles. The van der Waals surface area contributed by atoms with E-state index < -0.39 is 22.3 Å². The van der Waals surface area contributed by atoms with Gasteiger partial charge in [0.05, 0.1) is 22.2 Å². The fourth-order valence-corrected chi connectivity index (χ4v) is 8.18. The van der Waals surface area contributed by atoms with Gasteiger partial charge in [-0.2, -0.15) is 10.2 Å². The topological polar surface area (TPSA) is 141 Å². The Morgan fingerprint density at radius 1 is 1.11 bits per heavy atom. The van der Waals surface area contributed by atoms with E-state index in [0.29, 0.717) is 34.3 Å². The quantitative estimate of drug-likeness (QED) is 0.152. The first-order valence-electron chi connectivity index (χ1n) is 15.0. The number of hydrogen-bond acceptors (Lipinski definition) is 8. The van der Waals surface area contributed by atoms with Gasteiger partial charge in [0, 0.05) is 51.5 Å². The molecule has 46 heavy (non-hydrogen) atoms. The van der Waals surface area contributed by atoms with Gasteiger partial charge in [-0.05, 0) is 56.6 Å². The van der Waals surface area contributed by atoms with Crippen LogP contribution in [0.15, 0.2) is 85.5 Å². The number of non-ortho nitro benzene ring substituents is 1. The summed E-state index contributed by atoms with van der Waals surface area (Å²) in [7, 11) is 0. The summed E-state index contributed by atoms with van der Waals surface area (Å²) in [6.45, 7) is 2.47. The summed E-state index contributed by atoms with van der Waals surface area (Å²) in [6, 6.07) is 20.3. The van der Waals surface area contributed by atoms with Crippen LogP contribution in [0.1, 0.15) is 45.9 Å². The largest absolute Gasteiger partial charge is 0.324 e. The fraction of sp³-hybridized carbons (Fsp3) is 0.242. The molecule has 5 heterocycles. The van der Waals surface area contributed by atoms with E-state index in [-0.39, 0.29) is 29.0 Å². The summed E-state index contributed by atoms with van der Waals surface area (Å²) in [5.74, 6) is -1.63. The Hall–Kier alpha value is -5.20. The summed E-state index contributed by atoms with van der Waals surface area (Å²) in [5, 5.41) is 24.7. The molecule has 1 amide bonds. The molecule has 13 heteroatoms. The van der Waals surface area contributed by atoms with Gasteiger partial charge in [0.2, 0.25) is 5.91 Å². The van der Waals surface area contributed by atoms with Crippen LogP contribution in [-0.4, -0.2) is 58.6 Å². The van der Waals surface area contributed by atoms with Crippen molar-refractivity contribution in [2.24, 2.45) is 5.92 Å². The molecule has 8 rings (SSSR count). The molecular weight excluding hydrogens is 608 g/mol. The van der Waals surface area contributed by atoms with Crippen molar-refractivity contribution in [3.8, 4) is 11.5 Å². The average Bonchev–Trinajstić information content (AvgIpc) is 3.88. The van der Waals surface area contributed by atoms with Crippen LogP contribution in [-0.2, 0) is 10.3 Å². The van der Waals surface area contributed by atoms with Crippen LogP contribution in [0, 0.1) is 23.0 Å². The minimum absolute atomic E-state index is 0.156. The Labute approximate surface area is 267 Å². The van der Waals surface area contributed by atoms with Crippen LogP contribution >= 0.6 is 11.6 Å². The first-order chi connectivity index (χ1) is 22.3. The van der Waals surface area contributed by atoms with Crippen molar-refractivity contribution in [1.82, 2.24) is 29.4 Å². The Morgan fingerprint density at radius 3 is 2.70 bits per heavy atom. The van der Waals surface area contributed by atoms with E-state index in [1.165, 1.54) is 24.5 Å². The maximum atomic E-state index is 15.1. The lowest BCUT2D eigenvalue weighted by atomic mass is 9.68. The van der Waals surface area contributed by atoms with Gasteiger partial charge in [0.15, 0.2) is 11.6 Å². The maximum Gasteiger partial charge on any atom is 0.270 e. The number of carbonyl (C=O) groups excluding carboxylic acids is 2. The minimum atomic E-state index is -1.42. The molecule has 2 saturated heterocycles. The summed E-state index contributed by atoms with van der Waals surface area (Å²) in [5.41, 5.74) is 1.96. The van der Waals surface area contributed by atoms with Crippen LogP contribution in [0.2, 0.25) is 5.02 Å². The molecule has 2 fully saturated rings. The van der Waals surface area contributed by atoms with Gasteiger partial charge in [0.25, 0.3) is 5.69 Å². The number of nitro benzene ring substituents is 1. The summed E-state index contributed by atoms with van der Waals surface area (Å²) in [6.07, 6.45) is 4.56. The number of nitrogens with one attached hydrogen (secondary N) is 1. The molecule has 0 aliphatic carbocycles. The molecule has 2 aromatic heterocycles. The van der Waals surface area contributed by atoms with Gasteiger partial charge in [-0.1, -0.05) is 41.9 Å². The van der Waals surface area contributed by atoms with Crippen molar-refractivity contribution in [2.75, 3.05) is 11.9 Å². The zero-order valence-electron chi connectivity index (χ0n) is 24.6. The molecule has 12 nitrogen and oxygen atoms in total. The summed E-state index contributed by atoms with van der Waals surface area (Å²) < 4.78 is 3.43. The third-order valence-corrected chi connectivity index (χ3v) is 9.87. The molecular formula is C33H27ClN8O4. The van der Waals surface area contributed by atoms with Crippen molar-refractivity contribution >= 4 is 34.7 Å². The van der Waals surface area contributed by atoms with Crippen LogP contribution in [0.4, 0.5) is 11.4 Å². The number of para-hydroxylation sites is 1. The number of hydrogen-bond donors (Lipinski definition) is 1. The van der Waals surface area contributed by atoms with E-state index in [0.717, 1.165) is 24.1 Å². The van der Waals surface area contributed by atoms with Gasteiger partial charge >= 0.3 is 0 Å². The number of fused-ring (bicyclic) bond motifs is 4. The molecule has 4 atom stereocenters. The first kappa shape index (κ1) is 28.3. The Morgan fingerprint density at radius 2 is 1.93 bits per heavy atom. The lowest BCUT2D eigenvalue weighted by Crippen LogP contribution is -2.52. The molecule has 0 saturated carbocycles. The van der Waals surface area contributed by atoms with E-state index in [1.54, 1.807) is 40.0 Å². The highest BCUT2D eigenvalue weighted by Crippen LogP contribution is 2.62. The molecule has 4 unspecified atom stereocenters. The number of aryl methyl sites for hydroxylation is 1. The molecule has 1 N–H and O–H groups in total. The van der Waals surface area contributed by atoms with Gasteiger partial charge in [0.1, 0.15) is 18.2 Å². The van der Waals surface area contributed by atoms with Crippen molar-refractivity contribution in [2.45, 2.75) is 37.3 Å². The smallest absolute Gasteiger partial charge is 0.270 e. The van der Waals surface area contributed by atoms with E-state index in [4.69, 9.17) is 16.7 Å². The van der Waals surface area contributed by atoms with Gasteiger partial charge in [-0.3, -0.25) is 24.6 Å². The maximum absolute atomic E-state index is 15.1. The van der Waals surface area contributed by atoms with Crippen molar-refractivity contribution in [3.63, 3.8) is 0 Å². The number of halogens is 1. The highest BCUT2D eigenvalue weighted by atomic mass is 35.5. The highest BCUT2D eigenvalue weighted by molar-refractivity contribution is 6.31. The third kappa shape index (κ3) is 3.93. The van der Waals surface area contributed by atoms with Crippen molar-refractivity contribution in [3.05, 3.63) is 123 Å². The van der Waals surface area contributed by atoms with E-state index in [1.807, 2.05) is 37.3 Å². The van der Waals surface area contributed by atoms with Crippen molar-refractivity contribution in [1.29, 1.82) is 0 Å². The van der Waals surface area contributed by atoms with Gasteiger partial charge in [-0.15, -0.1) is 0 Å².